The van der Waals surface area contributed by atoms with E-state index in [0.717, 1.165) is 33.4 Å². The molecule has 0 saturated carbocycles. The Morgan fingerprint density at radius 2 is 1.93 bits per heavy atom. The molecule has 0 spiro atoms. The summed E-state index contributed by atoms with van der Waals surface area (Å²) >= 11 is 0. The summed E-state index contributed by atoms with van der Waals surface area (Å²) in [6.45, 7) is 5.94. The molecular formula is C22H22N4O2. The van der Waals surface area contributed by atoms with Gasteiger partial charge in [-0.15, -0.1) is 5.06 Å². The van der Waals surface area contributed by atoms with Crippen molar-refractivity contribution in [3.63, 3.8) is 0 Å². The van der Waals surface area contributed by atoms with E-state index in [1.165, 1.54) is 5.06 Å². The van der Waals surface area contributed by atoms with Crippen molar-refractivity contribution in [3.05, 3.63) is 59.9 Å². The first-order valence-electron chi connectivity index (χ1n) is 9.22. The fraction of sp³-hybridized carbons (Fsp3) is 0.227. The number of nitrogens with one attached hydrogen (secondary N) is 1. The minimum atomic E-state index is -0.408. The van der Waals surface area contributed by atoms with Crippen LogP contribution in [-0.4, -0.2) is 39.1 Å². The third-order valence-electron chi connectivity index (χ3n) is 4.78. The molecule has 2 heterocycles. The van der Waals surface area contributed by atoms with Gasteiger partial charge in [0.25, 0.3) is 0 Å². The summed E-state index contributed by atoms with van der Waals surface area (Å²) in [5.41, 5.74) is 5.79. The van der Waals surface area contributed by atoms with Crippen LogP contribution in [0.25, 0.3) is 33.2 Å². The fourth-order valence-electron chi connectivity index (χ4n) is 3.00. The molecule has 6 nitrogen and oxygen atoms in total. The van der Waals surface area contributed by atoms with Crippen molar-refractivity contribution in [2.75, 3.05) is 7.05 Å². The van der Waals surface area contributed by atoms with Crippen LogP contribution in [0.5, 0.6) is 0 Å². The lowest BCUT2D eigenvalue weighted by molar-refractivity contribution is -0.110. The van der Waals surface area contributed by atoms with Crippen molar-refractivity contribution in [2.24, 2.45) is 0 Å². The van der Waals surface area contributed by atoms with Gasteiger partial charge in [-0.1, -0.05) is 6.07 Å². The Hall–Kier alpha value is -3.25. The van der Waals surface area contributed by atoms with Crippen LogP contribution in [0.2, 0.25) is 0 Å². The first-order chi connectivity index (χ1) is 13.4. The molecule has 0 radical (unpaired) electrons. The third-order valence-corrected chi connectivity index (χ3v) is 4.78. The zero-order valence-electron chi connectivity index (χ0n) is 16.4. The first kappa shape index (κ1) is 18.1. The molecule has 1 N–H and O–H groups in total. The molecule has 28 heavy (non-hydrogen) atoms. The number of hydrogen-bond donors (Lipinski definition) is 1. The molecular weight excluding hydrogens is 352 g/mol. The Balaban J connectivity index is 1.69. The molecule has 2 aromatic carbocycles. The summed E-state index contributed by atoms with van der Waals surface area (Å²) in [4.78, 5) is 30.3. The van der Waals surface area contributed by atoms with Gasteiger partial charge in [-0.3, -0.25) is 4.98 Å². The second kappa shape index (κ2) is 7.05. The molecule has 0 bridgehead atoms. The fourth-order valence-corrected chi connectivity index (χ4v) is 3.00. The summed E-state index contributed by atoms with van der Waals surface area (Å²) in [5, 5.41) is 2.66. The molecule has 0 unspecified atom stereocenters. The minimum absolute atomic E-state index is 0.0998. The molecule has 142 valence electrons. The van der Waals surface area contributed by atoms with E-state index in [4.69, 9.17) is 9.82 Å². The summed E-state index contributed by atoms with van der Waals surface area (Å²) in [6.07, 6.45) is 1.76. The maximum atomic E-state index is 12.4. The van der Waals surface area contributed by atoms with Crippen molar-refractivity contribution in [3.8, 4) is 11.3 Å². The molecule has 0 saturated heterocycles. The Kier molecular flexibility index (Phi) is 4.57. The van der Waals surface area contributed by atoms with Crippen molar-refractivity contribution < 1.29 is 9.63 Å². The quantitative estimate of drug-likeness (QED) is 0.533. The molecule has 0 aliphatic rings. The lowest BCUT2D eigenvalue weighted by Crippen LogP contribution is -2.29. The van der Waals surface area contributed by atoms with E-state index in [0.29, 0.717) is 11.1 Å². The minimum Gasteiger partial charge on any atom is -0.364 e. The molecule has 0 atom stereocenters. The monoisotopic (exact) mass is 374 g/mol. The van der Waals surface area contributed by atoms with Crippen LogP contribution in [0.4, 0.5) is 0 Å². The number of H-pyrrole nitrogens is 1. The number of carbonyl (C=O) groups is 1. The maximum absolute atomic E-state index is 12.4. The van der Waals surface area contributed by atoms with Gasteiger partial charge in [0.05, 0.1) is 28.5 Å². The standard InChI is InChI=1S/C22H22N4O2/c1-13(2)26(4)28-22(27)16-6-8-19-20(11-16)25-21(12-23-19)15-5-7-18-17(10-15)9-14(3)24-18/h5-13,24H,1-4H3. The van der Waals surface area contributed by atoms with Gasteiger partial charge in [-0.25, -0.2) is 9.78 Å². The van der Waals surface area contributed by atoms with Gasteiger partial charge < -0.3 is 9.82 Å². The first-order valence-corrected chi connectivity index (χ1v) is 9.22. The van der Waals surface area contributed by atoms with Gasteiger partial charge in [0, 0.05) is 35.2 Å². The van der Waals surface area contributed by atoms with Gasteiger partial charge in [-0.2, -0.15) is 0 Å². The SMILES string of the molecule is Cc1cc2cc(-c3cnc4ccc(C(=O)ON(C)C(C)C)cc4n3)ccc2[nH]1. The van der Waals surface area contributed by atoms with Crippen molar-refractivity contribution in [2.45, 2.75) is 26.8 Å². The lowest BCUT2D eigenvalue weighted by Gasteiger charge is -2.19. The lowest BCUT2D eigenvalue weighted by atomic mass is 10.1. The number of carbonyl (C=O) groups excluding carboxylic acids is 1. The van der Waals surface area contributed by atoms with Gasteiger partial charge in [0.2, 0.25) is 0 Å². The van der Waals surface area contributed by atoms with Gasteiger partial charge in [0.15, 0.2) is 0 Å². The number of fused-ring (bicyclic) bond motifs is 2. The van der Waals surface area contributed by atoms with Gasteiger partial charge in [-0.05, 0) is 57.2 Å². The van der Waals surface area contributed by atoms with E-state index < -0.39 is 5.97 Å². The number of aryl methyl sites for hydroxylation is 1. The largest absolute Gasteiger partial charge is 0.364 e. The number of hydroxylamine groups is 2. The number of nitrogens with zero attached hydrogens (tertiary/aromatic N) is 3. The van der Waals surface area contributed by atoms with E-state index in [-0.39, 0.29) is 6.04 Å². The predicted octanol–water partition coefficient (Wildman–Crippen LogP) is 4.50. The smallest absolute Gasteiger partial charge is 0.357 e. The van der Waals surface area contributed by atoms with Crippen LogP contribution in [0.1, 0.15) is 29.9 Å². The van der Waals surface area contributed by atoms with Crippen LogP contribution in [0.15, 0.2) is 48.7 Å². The van der Waals surface area contributed by atoms with E-state index in [1.807, 2.05) is 32.9 Å². The molecule has 0 amide bonds. The zero-order valence-corrected chi connectivity index (χ0v) is 16.4. The number of hydrogen-bond acceptors (Lipinski definition) is 5. The highest BCUT2D eigenvalue weighted by molar-refractivity contribution is 5.94. The topological polar surface area (TPSA) is 71.1 Å². The highest BCUT2D eigenvalue weighted by atomic mass is 16.7. The zero-order chi connectivity index (χ0) is 19.8. The van der Waals surface area contributed by atoms with Crippen LogP contribution in [0, 0.1) is 6.92 Å². The van der Waals surface area contributed by atoms with Crippen LogP contribution >= 0.6 is 0 Å². The van der Waals surface area contributed by atoms with E-state index in [2.05, 4.69) is 22.1 Å². The van der Waals surface area contributed by atoms with Crippen molar-refractivity contribution >= 4 is 27.9 Å². The number of rotatable bonds is 4. The summed E-state index contributed by atoms with van der Waals surface area (Å²) in [6, 6.07) is 13.6. The molecule has 4 rings (SSSR count). The number of aromatic nitrogens is 3. The molecule has 0 aliphatic carbocycles. The average Bonchev–Trinajstić information content (AvgIpc) is 3.06. The number of aromatic amines is 1. The third kappa shape index (κ3) is 3.46. The molecule has 0 aliphatic heterocycles. The van der Waals surface area contributed by atoms with Crippen molar-refractivity contribution in [1.29, 1.82) is 0 Å². The van der Waals surface area contributed by atoms with Crippen LogP contribution in [0.3, 0.4) is 0 Å². The van der Waals surface area contributed by atoms with Crippen LogP contribution < -0.4 is 0 Å². The van der Waals surface area contributed by atoms with Gasteiger partial charge >= 0.3 is 5.97 Å². The molecule has 0 fully saturated rings. The molecule has 6 heteroatoms. The Morgan fingerprint density at radius 3 is 2.71 bits per heavy atom. The second-order valence-electron chi connectivity index (χ2n) is 7.23. The van der Waals surface area contributed by atoms with E-state index >= 15 is 0 Å². The molecule has 2 aromatic heterocycles. The molecule has 4 aromatic rings. The maximum Gasteiger partial charge on any atom is 0.357 e. The predicted molar refractivity (Wildman–Crippen MR) is 110 cm³/mol. The Morgan fingerprint density at radius 1 is 1.11 bits per heavy atom. The van der Waals surface area contributed by atoms with Crippen LogP contribution in [-0.2, 0) is 4.84 Å². The normalized spacial score (nSPS) is 11.6. The highest BCUT2D eigenvalue weighted by Crippen LogP contribution is 2.25. The summed E-state index contributed by atoms with van der Waals surface area (Å²) < 4.78 is 0. The summed E-state index contributed by atoms with van der Waals surface area (Å²) in [5.74, 6) is -0.408. The average molecular weight is 374 g/mol. The Labute approximate surface area is 163 Å². The summed E-state index contributed by atoms with van der Waals surface area (Å²) in [7, 11) is 1.74. The van der Waals surface area contributed by atoms with Gasteiger partial charge in [0.1, 0.15) is 0 Å². The van der Waals surface area contributed by atoms with E-state index in [1.54, 1.807) is 31.4 Å². The second-order valence-corrected chi connectivity index (χ2v) is 7.23. The van der Waals surface area contributed by atoms with E-state index in [9.17, 15) is 4.79 Å². The highest BCUT2D eigenvalue weighted by Gasteiger charge is 2.14. The Bertz CT molecular complexity index is 1180. The van der Waals surface area contributed by atoms with Crippen molar-refractivity contribution in [1.82, 2.24) is 20.0 Å². The number of benzene rings is 2.